The molecule has 4 heteroatoms. The summed E-state index contributed by atoms with van der Waals surface area (Å²) in [6.07, 6.45) is 2.80. The van der Waals surface area contributed by atoms with E-state index in [1.165, 1.54) is 0 Å². The lowest BCUT2D eigenvalue weighted by Crippen LogP contribution is -2.38. The van der Waals surface area contributed by atoms with Crippen molar-refractivity contribution in [2.45, 2.75) is 47.0 Å². The first-order chi connectivity index (χ1) is 8.37. The Balaban J connectivity index is 3.60. The number of nitrogens with one attached hydrogen (secondary N) is 2. The first-order valence-electron chi connectivity index (χ1n) is 6.95. The summed E-state index contributed by atoms with van der Waals surface area (Å²) < 4.78 is 0. The monoisotopic (exact) mass is 258 g/mol. The molecule has 4 nitrogen and oxygen atoms in total. The Labute approximate surface area is 112 Å². The lowest BCUT2D eigenvalue weighted by Gasteiger charge is -2.24. The van der Waals surface area contributed by atoms with Crippen LogP contribution in [-0.4, -0.2) is 37.3 Å². The average Bonchev–Trinajstić information content (AvgIpc) is 2.25. The Kier molecular flexibility index (Phi) is 9.02. The van der Waals surface area contributed by atoms with Gasteiger partial charge in [-0.05, 0) is 30.6 Å². The van der Waals surface area contributed by atoms with Gasteiger partial charge in [-0.1, -0.05) is 27.7 Å². The molecule has 0 saturated carbocycles. The first-order valence-corrected chi connectivity index (χ1v) is 6.95. The molecular formula is C14H30N2O2. The van der Waals surface area contributed by atoms with Crippen molar-refractivity contribution >= 4 is 5.91 Å². The molecule has 1 amide bonds. The van der Waals surface area contributed by atoms with Crippen LogP contribution >= 0.6 is 0 Å². The van der Waals surface area contributed by atoms with E-state index in [0.29, 0.717) is 12.5 Å². The third-order valence-electron chi connectivity index (χ3n) is 2.94. The van der Waals surface area contributed by atoms with Crippen molar-refractivity contribution in [3.8, 4) is 0 Å². The number of carbonyl (C=O) groups is 1. The quantitative estimate of drug-likeness (QED) is 0.557. The van der Waals surface area contributed by atoms with Gasteiger partial charge in [-0.25, -0.2) is 0 Å². The van der Waals surface area contributed by atoms with Crippen LogP contribution in [0.1, 0.15) is 47.0 Å². The Morgan fingerprint density at radius 2 is 2.00 bits per heavy atom. The zero-order chi connectivity index (χ0) is 14.0. The summed E-state index contributed by atoms with van der Waals surface area (Å²) in [5.41, 5.74) is 0.126. The second-order valence-electron chi connectivity index (χ2n) is 6.13. The lowest BCUT2D eigenvalue weighted by atomic mass is 9.88. The highest BCUT2D eigenvalue weighted by Gasteiger charge is 2.16. The Morgan fingerprint density at radius 1 is 1.33 bits per heavy atom. The molecule has 0 rings (SSSR count). The third kappa shape index (κ3) is 10.5. The standard InChI is InChI=1S/C14H30N2O2/c1-12(2)6-8-16-13(18)10-15-11-14(3,4)7-5-9-17/h12,15,17H,5-11H2,1-4H3,(H,16,18). The summed E-state index contributed by atoms with van der Waals surface area (Å²) in [4.78, 5) is 11.5. The number of rotatable bonds is 10. The Hall–Kier alpha value is -0.610. The van der Waals surface area contributed by atoms with Crippen LogP contribution in [0.5, 0.6) is 0 Å². The molecule has 0 spiro atoms. The van der Waals surface area contributed by atoms with Crippen molar-refractivity contribution in [3.05, 3.63) is 0 Å². The minimum Gasteiger partial charge on any atom is -0.396 e. The summed E-state index contributed by atoms with van der Waals surface area (Å²) in [6.45, 7) is 10.7. The van der Waals surface area contributed by atoms with Crippen LogP contribution in [-0.2, 0) is 4.79 Å². The topological polar surface area (TPSA) is 61.4 Å². The lowest BCUT2D eigenvalue weighted by molar-refractivity contribution is -0.120. The number of hydrogen-bond acceptors (Lipinski definition) is 3. The molecule has 0 saturated heterocycles. The zero-order valence-electron chi connectivity index (χ0n) is 12.4. The van der Waals surface area contributed by atoms with E-state index < -0.39 is 0 Å². The number of carbonyl (C=O) groups excluding carboxylic acids is 1. The van der Waals surface area contributed by atoms with E-state index in [1.54, 1.807) is 0 Å². The number of amides is 1. The van der Waals surface area contributed by atoms with Gasteiger partial charge >= 0.3 is 0 Å². The highest BCUT2D eigenvalue weighted by molar-refractivity contribution is 5.77. The van der Waals surface area contributed by atoms with E-state index in [2.05, 4.69) is 38.3 Å². The van der Waals surface area contributed by atoms with E-state index in [-0.39, 0.29) is 17.9 Å². The van der Waals surface area contributed by atoms with Crippen LogP contribution in [0, 0.1) is 11.3 Å². The molecule has 0 aromatic carbocycles. The van der Waals surface area contributed by atoms with Gasteiger partial charge in [-0.2, -0.15) is 0 Å². The molecule has 0 atom stereocenters. The van der Waals surface area contributed by atoms with E-state index in [1.807, 2.05) is 0 Å². The van der Waals surface area contributed by atoms with Gasteiger partial charge < -0.3 is 15.7 Å². The van der Waals surface area contributed by atoms with Gasteiger partial charge in [0.05, 0.1) is 6.54 Å². The van der Waals surface area contributed by atoms with Gasteiger partial charge in [0.2, 0.25) is 5.91 Å². The van der Waals surface area contributed by atoms with Crippen molar-refractivity contribution in [1.29, 1.82) is 0 Å². The predicted octanol–water partition coefficient (Wildman–Crippen LogP) is 1.54. The molecule has 0 unspecified atom stereocenters. The minimum absolute atomic E-state index is 0.0635. The summed E-state index contributed by atoms with van der Waals surface area (Å²) in [6, 6.07) is 0. The largest absolute Gasteiger partial charge is 0.396 e. The molecule has 0 radical (unpaired) electrons. The van der Waals surface area contributed by atoms with Crippen LogP contribution < -0.4 is 10.6 Å². The maximum Gasteiger partial charge on any atom is 0.233 e. The van der Waals surface area contributed by atoms with Crippen LogP contribution in [0.15, 0.2) is 0 Å². The van der Waals surface area contributed by atoms with Gasteiger partial charge in [0.15, 0.2) is 0 Å². The van der Waals surface area contributed by atoms with Gasteiger partial charge in [0.1, 0.15) is 0 Å². The number of aliphatic hydroxyl groups excluding tert-OH is 1. The molecule has 0 aliphatic carbocycles. The van der Waals surface area contributed by atoms with Crippen molar-refractivity contribution < 1.29 is 9.90 Å². The van der Waals surface area contributed by atoms with Gasteiger partial charge in [0.25, 0.3) is 0 Å². The smallest absolute Gasteiger partial charge is 0.233 e. The SMILES string of the molecule is CC(C)CCNC(=O)CNCC(C)(C)CCCO. The van der Waals surface area contributed by atoms with Crippen LogP contribution in [0.25, 0.3) is 0 Å². The fraction of sp³-hybridized carbons (Fsp3) is 0.929. The summed E-state index contributed by atoms with van der Waals surface area (Å²) in [5.74, 6) is 0.685. The van der Waals surface area contributed by atoms with Crippen molar-refractivity contribution in [2.75, 3.05) is 26.2 Å². The Morgan fingerprint density at radius 3 is 2.56 bits per heavy atom. The fourth-order valence-electron chi connectivity index (χ4n) is 1.72. The van der Waals surface area contributed by atoms with Crippen LogP contribution in [0.3, 0.4) is 0 Å². The zero-order valence-corrected chi connectivity index (χ0v) is 12.4. The van der Waals surface area contributed by atoms with Gasteiger partial charge in [-0.15, -0.1) is 0 Å². The van der Waals surface area contributed by atoms with Crippen molar-refractivity contribution in [3.63, 3.8) is 0 Å². The number of hydrogen-bond donors (Lipinski definition) is 3. The molecule has 0 aliphatic heterocycles. The van der Waals surface area contributed by atoms with E-state index >= 15 is 0 Å². The molecule has 0 bridgehead atoms. The molecule has 108 valence electrons. The van der Waals surface area contributed by atoms with Crippen molar-refractivity contribution in [2.24, 2.45) is 11.3 Å². The summed E-state index contributed by atoms with van der Waals surface area (Å²) in [5, 5.41) is 14.9. The first kappa shape index (κ1) is 17.4. The van der Waals surface area contributed by atoms with Crippen molar-refractivity contribution in [1.82, 2.24) is 10.6 Å². The van der Waals surface area contributed by atoms with Crippen LogP contribution in [0.2, 0.25) is 0 Å². The van der Waals surface area contributed by atoms with Crippen LogP contribution in [0.4, 0.5) is 0 Å². The highest BCUT2D eigenvalue weighted by atomic mass is 16.2. The second-order valence-corrected chi connectivity index (χ2v) is 6.13. The Bertz CT molecular complexity index is 228. The number of aliphatic hydroxyl groups is 1. The minimum atomic E-state index is 0.0635. The summed E-state index contributed by atoms with van der Waals surface area (Å²) >= 11 is 0. The molecule has 0 aliphatic rings. The molecule has 3 N–H and O–H groups in total. The average molecular weight is 258 g/mol. The van der Waals surface area contributed by atoms with Gasteiger partial charge in [-0.3, -0.25) is 4.79 Å². The normalized spacial score (nSPS) is 11.9. The molecule has 0 aromatic rings. The van der Waals surface area contributed by atoms with E-state index in [9.17, 15) is 4.79 Å². The van der Waals surface area contributed by atoms with E-state index in [4.69, 9.17) is 5.11 Å². The molecule has 0 aromatic heterocycles. The third-order valence-corrected chi connectivity index (χ3v) is 2.94. The molecule has 18 heavy (non-hydrogen) atoms. The summed E-state index contributed by atoms with van der Waals surface area (Å²) in [7, 11) is 0. The maximum atomic E-state index is 11.5. The maximum absolute atomic E-state index is 11.5. The van der Waals surface area contributed by atoms with E-state index in [0.717, 1.165) is 32.4 Å². The predicted molar refractivity (Wildman–Crippen MR) is 75.4 cm³/mol. The molecule has 0 heterocycles. The van der Waals surface area contributed by atoms with Gasteiger partial charge in [0, 0.05) is 19.7 Å². The molecular weight excluding hydrogens is 228 g/mol. The second kappa shape index (κ2) is 9.34. The fourth-order valence-corrected chi connectivity index (χ4v) is 1.72. The molecule has 0 fully saturated rings. The highest BCUT2D eigenvalue weighted by Crippen LogP contribution is 2.20.